The fourth-order valence-electron chi connectivity index (χ4n) is 2.63. The maximum atomic E-state index is 13.2. The minimum absolute atomic E-state index is 0.0543. The molecule has 0 radical (unpaired) electrons. The van der Waals surface area contributed by atoms with Crippen LogP contribution in [0.3, 0.4) is 0 Å². The van der Waals surface area contributed by atoms with Crippen molar-refractivity contribution < 1.29 is 18.7 Å². The average molecular weight is 378 g/mol. The number of benzene rings is 3. The molecule has 0 aliphatic heterocycles. The van der Waals surface area contributed by atoms with Crippen molar-refractivity contribution in [1.82, 2.24) is 0 Å². The highest BCUT2D eigenvalue weighted by atomic mass is 19.1. The largest absolute Gasteiger partial charge is 0.454 e. The second-order valence-electron chi connectivity index (χ2n) is 5.98. The van der Waals surface area contributed by atoms with E-state index in [1.165, 1.54) is 18.2 Å². The Labute approximate surface area is 162 Å². The van der Waals surface area contributed by atoms with Crippen LogP contribution in [0.4, 0.5) is 21.5 Å². The lowest BCUT2D eigenvalue weighted by Gasteiger charge is -2.24. The number of hydrogen-bond acceptors (Lipinski definition) is 4. The Kier molecular flexibility index (Phi) is 6.36. The molecule has 3 rings (SSSR count). The van der Waals surface area contributed by atoms with Crippen LogP contribution in [0.25, 0.3) is 0 Å². The van der Waals surface area contributed by atoms with Gasteiger partial charge in [0.25, 0.3) is 5.91 Å². The monoisotopic (exact) mass is 378 g/mol. The van der Waals surface area contributed by atoms with Crippen LogP contribution in [0, 0.1) is 5.82 Å². The number of esters is 1. The molecule has 0 spiro atoms. The van der Waals surface area contributed by atoms with Crippen molar-refractivity contribution in [3.8, 4) is 0 Å². The molecule has 0 aliphatic carbocycles. The van der Waals surface area contributed by atoms with Crippen LogP contribution in [0.15, 0.2) is 84.9 Å². The van der Waals surface area contributed by atoms with E-state index in [9.17, 15) is 14.0 Å². The van der Waals surface area contributed by atoms with Crippen molar-refractivity contribution in [2.24, 2.45) is 0 Å². The summed E-state index contributed by atoms with van der Waals surface area (Å²) >= 11 is 0. The lowest BCUT2D eigenvalue weighted by Crippen LogP contribution is -2.29. The van der Waals surface area contributed by atoms with Gasteiger partial charge in [-0.25, -0.2) is 4.39 Å². The van der Waals surface area contributed by atoms with Gasteiger partial charge in [0.15, 0.2) is 6.61 Å². The SMILES string of the molecule is O=C(COC(=O)CN(c1ccccc1)c1ccccc1)Nc1cccc(F)c1. The second-order valence-corrected chi connectivity index (χ2v) is 5.98. The van der Waals surface area contributed by atoms with Crippen LogP contribution in [0.1, 0.15) is 0 Å². The summed E-state index contributed by atoms with van der Waals surface area (Å²) in [5.74, 6) is -1.55. The number of nitrogens with zero attached hydrogens (tertiary/aromatic N) is 1. The van der Waals surface area contributed by atoms with Crippen LogP contribution in [0.5, 0.6) is 0 Å². The molecule has 0 aromatic heterocycles. The van der Waals surface area contributed by atoms with Crippen molar-refractivity contribution in [2.75, 3.05) is 23.4 Å². The zero-order chi connectivity index (χ0) is 19.8. The highest BCUT2D eigenvalue weighted by molar-refractivity contribution is 5.93. The van der Waals surface area contributed by atoms with E-state index in [1.807, 2.05) is 60.7 Å². The molecule has 0 bridgehead atoms. The summed E-state index contributed by atoms with van der Waals surface area (Å²) < 4.78 is 18.2. The van der Waals surface area contributed by atoms with Gasteiger partial charge in [0.2, 0.25) is 0 Å². The van der Waals surface area contributed by atoms with E-state index in [1.54, 1.807) is 11.0 Å². The van der Waals surface area contributed by atoms with Crippen LogP contribution in [-0.4, -0.2) is 25.0 Å². The summed E-state index contributed by atoms with van der Waals surface area (Å²) in [5.41, 5.74) is 1.96. The Morgan fingerprint density at radius 3 is 2.04 bits per heavy atom. The van der Waals surface area contributed by atoms with Crippen molar-refractivity contribution >= 4 is 28.9 Å². The van der Waals surface area contributed by atoms with Crippen LogP contribution in [-0.2, 0) is 14.3 Å². The summed E-state index contributed by atoms with van der Waals surface area (Å²) in [6.07, 6.45) is 0. The van der Waals surface area contributed by atoms with Gasteiger partial charge in [-0.3, -0.25) is 9.59 Å². The van der Waals surface area contributed by atoms with Gasteiger partial charge in [0, 0.05) is 17.1 Å². The molecular weight excluding hydrogens is 359 g/mol. The topological polar surface area (TPSA) is 58.6 Å². The summed E-state index contributed by atoms with van der Waals surface area (Å²) in [7, 11) is 0. The number of para-hydroxylation sites is 2. The first-order valence-corrected chi connectivity index (χ1v) is 8.70. The first-order valence-electron chi connectivity index (χ1n) is 8.70. The highest BCUT2D eigenvalue weighted by Crippen LogP contribution is 2.24. The van der Waals surface area contributed by atoms with Crippen LogP contribution in [0.2, 0.25) is 0 Å². The zero-order valence-electron chi connectivity index (χ0n) is 15.0. The number of ether oxygens (including phenoxy) is 1. The van der Waals surface area contributed by atoms with E-state index in [0.29, 0.717) is 5.69 Å². The Hall–Kier alpha value is -3.67. The van der Waals surface area contributed by atoms with Gasteiger partial charge in [-0.1, -0.05) is 42.5 Å². The first kappa shape index (κ1) is 19.1. The lowest BCUT2D eigenvalue weighted by atomic mass is 10.2. The zero-order valence-corrected chi connectivity index (χ0v) is 15.0. The maximum Gasteiger partial charge on any atom is 0.326 e. The van der Waals surface area contributed by atoms with Crippen molar-refractivity contribution in [1.29, 1.82) is 0 Å². The maximum absolute atomic E-state index is 13.2. The Morgan fingerprint density at radius 1 is 0.857 bits per heavy atom. The molecule has 1 amide bonds. The molecule has 142 valence electrons. The number of anilines is 3. The van der Waals surface area contributed by atoms with Crippen LogP contribution >= 0.6 is 0 Å². The number of amides is 1. The molecular formula is C22H19FN2O3. The van der Waals surface area contributed by atoms with E-state index < -0.39 is 24.3 Å². The van der Waals surface area contributed by atoms with E-state index >= 15 is 0 Å². The van der Waals surface area contributed by atoms with E-state index in [4.69, 9.17) is 4.74 Å². The molecule has 1 N–H and O–H groups in total. The van der Waals surface area contributed by atoms with Gasteiger partial charge in [-0.05, 0) is 42.5 Å². The van der Waals surface area contributed by atoms with Gasteiger partial charge in [-0.2, -0.15) is 0 Å². The quantitative estimate of drug-likeness (QED) is 0.628. The normalized spacial score (nSPS) is 10.2. The Bertz CT molecular complexity index is 893. The number of carbonyl (C=O) groups excluding carboxylic acids is 2. The van der Waals surface area contributed by atoms with Crippen molar-refractivity contribution in [3.63, 3.8) is 0 Å². The predicted molar refractivity (Wildman–Crippen MR) is 106 cm³/mol. The van der Waals surface area contributed by atoms with Gasteiger partial charge >= 0.3 is 5.97 Å². The van der Waals surface area contributed by atoms with Gasteiger partial charge in [0.1, 0.15) is 12.4 Å². The van der Waals surface area contributed by atoms with Gasteiger partial charge < -0.3 is 15.0 Å². The fourth-order valence-corrected chi connectivity index (χ4v) is 2.63. The van der Waals surface area contributed by atoms with E-state index in [0.717, 1.165) is 11.4 Å². The highest BCUT2D eigenvalue weighted by Gasteiger charge is 2.16. The molecule has 3 aromatic carbocycles. The average Bonchev–Trinajstić information content (AvgIpc) is 2.72. The molecule has 0 unspecified atom stereocenters. The summed E-state index contributed by atoms with van der Waals surface area (Å²) in [6, 6.07) is 24.3. The molecule has 0 aliphatic rings. The van der Waals surface area contributed by atoms with E-state index in [-0.39, 0.29) is 6.54 Å². The molecule has 3 aromatic rings. The standard InChI is InChI=1S/C22H19FN2O3/c23-17-8-7-9-18(14-17)24-21(26)16-28-22(27)15-25(19-10-3-1-4-11-19)20-12-5-2-6-13-20/h1-14H,15-16H2,(H,24,26). The van der Waals surface area contributed by atoms with E-state index in [2.05, 4.69) is 5.32 Å². The second kappa shape index (κ2) is 9.32. The summed E-state index contributed by atoms with van der Waals surface area (Å²) in [5, 5.41) is 2.49. The van der Waals surface area contributed by atoms with Crippen LogP contribution < -0.4 is 10.2 Å². The molecule has 5 nitrogen and oxygen atoms in total. The molecule has 0 saturated carbocycles. The van der Waals surface area contributed by atoms with Gasteiger partial charge in [0.05, 0.1) is 0 Å². The lowest BCUT2D eigenvalue weighted by molar-refractivity contribution is -0.145. The third-order valence-electron chi connectivity index (χ3n) is 3.90. The molecule has 0 atom stereocenters. The third kappa shape index (κ3) is 5.41. The number of nitrogens with one attached hydrogen (secondary N) is 1. The fraction of sp³-hybridized carbons (Fsp3) is 0.0909. The Balaban J connectivity index is 1.60. The number of carbonyl (C=O) groups is 2. The molecule has 28 heavy (non-hydrogen) atoms. The molecule has 0 heterocycles. The number of halogens is 1. The summed E-state index contributed by atoms with van der Waals surface area (Å²) in [4.78, 5) is 26.0. The molecule has 6 heteroatoms. The van der Waals surface area contributed by atoms with Crippen molar-refractivity contribution in [3.05, 3.63) is 90.7 Å². The number of hydrogen-bond donors (Lipinski definition) is 1. The summed E-state index contributed by atoms with van der Waals surface area (Å²) in [6.45, 7) is -0.506. The third-order valence-corrected chi connectivity index (χ3v) is 3.90. The Morgan fingerprint density at radius 2 is 1.46 bits per heavy atom. The molecule has 0 saturated heterocycles. The predicted octanol–water partition coefficient (Wildman–Crippen LogP) is 4.15. The minimum atomic E-state index is -0.554. The minimum Gasteiger partial charge on any atom is -0.454 e. The molecule has 0 fully saturated rings. The number of rotatable bonds is 7. The van der Waals surface area contributed by atoms with Gasteiger partial charge in [-0.15, -0.1) is 0 Å². The van der Waals surface area contributed by atoms with Crippen molar-refractivity contribution in [2.45, 2.75) is 0 Å². The smallest absolute Gasteiger partial charge is 0.326 e. The first-order chi connectivity index (χ1) is 13.6.